The molecule has 0 amide bonds. The van der Waals surface area contributed by atoms with Gasteiger partial charge in [-0.2, -0.15) is 0 Å². The van der Waals surface area contributed by atoms with Gasteiger partial charge in [0.15, 0.2) is 0 Å². The fourth-order valence-corrected chi connectivity index (χ4v) is 3.89. The van der Waals surface area contributed by atoms with Crippen LogP contribution in [0.5, 0.6) is 11.5 Å². The van der Waals surface area contributed by atoms with Gasteiger partial charge in [0.05, 0.1) is 13.2 Å². The Balaban J connectivity index is 1.82. The molecule has 0 spiro atoms. The molecule has 0 heterocycles. The van der Waals surface area contributed by atoms with Gasteiger partial charge in [-0.3, -0.25) is 0 Å². The molecule has 0 N–H and O–H groups in total. The molecule has 31 heavy (non-hydrogen) atoms. The largest absolute Gasteiger partial charge is 0.494 e. The fourth-order valence-electron chi connectivity index (χ4n) is 3.89. The maximum atomic E-state index is 5.93. The SMILES string of the molecule is CCCCCCCOc1ccc(C(C)(C)c2ccc(OCCCCCCC)cc2)cc1. The number of hydrogen-bond acceptors (Lipinski definition) is 2. The number of unbranched alkanes of at least 4 members (excludes halogenated alkanes) is 8. The van der Waals surface area contributed by atoms with Gasteiger partial charge in [0, 0.05) is 5.41 Å². The Labute approximate surface area is 191 Å². The summed E-state index contributed by atoms with van der Waals surface area (Å²) in [6, 6.07) is 17.2. The molecule has 2 aromatic rings. The second-order valence-corrected chi connectivity index (χ2v) is 9.20. The number of hydrogen-bond donors (Lipinski definition) is 0. The molecule has 0 aliphatic rings. The lowest BCUT2D eigenvalue weighted by Gasteiger charge is -2.26. The Morgan fingerprint density at radius 3 is 1.23 bits per heavy atom. The minimum atomic E-state index is -0.0582. The van der Waals surface area contributed by atoms with Gasteiger partial charge < -0.3 is 9.47 Å². The summed E-state index contributed by atoms with van der Waals surface area (Å²) in [5.74, 6) is 1.94. The monoisotopic (exact) mass is 424 g/mol. The van der Waals surface area contributed by atoms with E-state index in [1.54, 1.807) is 0 Å². The molecule has 0 bridgehead atoms. The normalized spacial score (nSPS) is 11.5. The minimum Gasteiger partial charge on any atom is -0.494 e. The third kappa shape index (κ3) is 8.97. The second kappa shape index (κ2) is 14.2. The van der Waals surface area contributed by atoms with E-state index in [4.69, 9.17) is 9.47 Å². The lowest BCUT2D eigenvalue weighted by molar-refractivity contribution is 0.304. The first-order valence-corrected chi connectivity index (χ1v) is 12.5. The molecule has 0 radical (unpaired) electrons. The predicted octanol–water partition coefficient (Wildman–Crippen LogP) is 8.71. The zero-order chi connectivity index (χ0) is 22.4. The quantitative estimate of drug-likeness (QED) is 0.251. The van der Waals surface area contributed by atoms with E-state index in [0.29, 0.717) is 0 Å². The van der Waals surface area contributed by atoms with Crippen LogP contribution in [0.4, 0.5) is 0 Å². The first-order valence-electron chi connectivity index (χ1n) is 12.5. The van der Waals surface area contributed by atoms with Gasteiger partial charge in [-0.15, -0.1) is 0 Å². The molecule has 0 aliphatic carbocycles. The van der Waals surface area contributed by atoms with Crippen molar-refractivity contribution in [1.82, 2.24) is 0 Å². The summed E-state index contributed by atoms with van der Waals surface area (Å²) in [6.45, 7) is 10.7. The van der Waals surface area contributed by atoms with Crippen LogP contribution < -0.4 is 9.47 Å². The lowest BCUT2D eigenvalue weighted by atomic mass is 9.78. The molecule has 0 atom stereocenters. The van der Waals surface area contributed by atoms with Gasteiger partial charge in [0.25, 0.3) is 0 Å². The molecule has 2 rings (SSSR count). The van der Waals surface area contributed by atoms with Gasteiger partial charge in [0.2, 0.25) is 0 Å². The van der Waals surface area contributed by atoms with Crippen LogP contribution in [0.2, 0.25) is 0 Å². The summed E-state index contributed by atoms with van der Waals surface area (Å²) in [4.78, 5) is 0. The van der Waals surface area contributed by atoms with Crippen LogP contribution in [0, 0.1) is 0 Å². The van der Waals surface area contributed by atoms with Gasteiger partial charge in [-0.05, 0) is 48.2 Å². The number of ether oxygens (including phenoxy) is 2. The Kier molecular flexibility index (Phi) is 11.6. The smallest absolute Gasteiger partial charge is 0.119 e. The van der Waals surface area contributed by atoms with Crippen molar-refractivity contribution in [2.45, 2.75) is 97.3 Å². The van der Waals surface area contributed by atoms with Crippen molar-refractivity contribution in [2.24, 2.45) is 0 Å². The summed E-state index contributed by atoms with van der Waals surface area (Å²) in [5, 5.41) is 0. The summed E-state index contributed by atoms with van der Waals surface area (Å²) in [7, 11) is 0. The minimum absolute atomic E-state index is 0.0582. The highest BCUT2D eigenvalue weighted by atomic mass is 16.5. The third-order valence-corrected chi connectivity index (χ3v) is 6.19. The highest BCUT2D eigenvalue weighted by molar-refractivity contribution is 5.41. The maximum Gasteiger partial charge on any atom is 0.119 e. The Morgan fingerprint density at radius 1 is 0.516 bits per heavy atom. The van der Waals surface area contributed by atoms with E-state index >= 15 is 0 Å². The first kappa shape index (κ1) is 25.3. The molecule has 2 aromatic carbocycles. The van der Waals surface area contributed by atoms with E-state index < -0.39 is 0 Å². The summed E-state index contributed by atoms with van der Waals surface area (Å²) < 4.78 is 11.9. The summed E-state index contributed by atoms with van der Waals surface area (Å²) >= 11 is 0. The van der Waals surface area contributed by atoms with E-state index in [1.165, 1.54) is 62.5 Å². The van der Waals surface area contributed by atoms with E-state index in [1.807, 2.05) is 0 Å². The van der Waals surface area contributed by atoms with Crippen LogP contribution in [-0.2, 0) is 5.41 Å². The van der Waals surface area contributed by atoms with Gasteiger partial charge in [-0.1, -0.05) is 103 Å². The van der Waals surface area contributed by atoms with Crippen LogP contribution in [0.1, 0.15) is 103 Å². The van der Waals surface area contributed by atoms with Crippen molar-refractivity contribution in [3.63, 3.8) is 0 Å². The molecule has 172 valence electrons. The molecule has 0 saturated heterocycles. The van der Waals surface area contributed by atoms with Crippen LogP contribution >= 0.6 is 0 Å². The van der Waals surface area contributed by atoms with Crippen molar-refractivity contribution in [1.29, 1.82) is 0 Å². The molecule has 0 saturated carbocycles. The fraction of sp³-hybridized carbons (Fsp3) is 0.586. The van der Waals surface area contributed by atoms with Gasteiger partial charge in [-0.25, -0.2) is 0 Å². The van der Waals surface area contributed by atoms with Crippen molar-refractivity contribution in [2.75, 3.05) is 13.2 Å². The summed E-state index contributed by atoms with van der Waals surface area (Å²) in [6.07, 6.45) is 12.7. The number of benzene rings is 2. The molecule has 0 unspecified atom stereocenters. The van der Waals surface area contributed by atoms with E-state index in [0.717, 1.165) is 37.6 Å². The third-order valence-electron chi connectivity index (χ3n) is 6.19. The maximum absolute atomic E-state index is 5.93. The van der Waals surface area contributed by atoms with Crippen LogP contribution in [0.15, 0.2) is 48.5 Å². The molecule has 0 fully saturated rings. The predicted molar refractivity (Wildman–Crippen MR) is 134 cm³/mol. The molecule has 0 aromatic heterocycles. The van der Waals surface area contributed by atoms with Crippen LogP contribution in [0.25, 0.3) is 0 Å². The zero-order valence-electron chi connectivity index (χ0n) is 20.4. The second-order valence-electron chi connectivity index (χ2n) is 9.20. The van der Waals surface area contributed by atoms with Gasteiger partial charge in [0.1, 0.15) is 11.5 Å². The highest BCUT2D eigenvalue weighted by Gasteiger charge is 2.23. The average Bonchev–Trinajstić information content (AvgIpc) is 2.79. The molecular weight excluding hydrogens is 380 g/mol. The summed E-state index contributed by atoms with van der Waals surface area (Å²) in [5.41, 5.74) is 2.54. The Bertz CT molecular complexity index is 639. The van der Waals surface area contributed by atoms with E-state index in [9.17, 15) is 0 Å². The molecule has 2 nitrogen and oxygen atoms in total. The van der Waals surface area contributed by atoms with Crippen LogP contribution in [-0.4, -0.2) is 13.2 Å². The highest BCUT2D eigenvalue weighted by Crippen LogP contribution is 2.33. The van der Waals surface area contributed by atoms with E-state index in [-0.39, 0.29) is 5.41 Å². The first-order chi connectivity index (χ1) is 15.1. The van der Waals surface area contributed by atoms with Crippen LogP contribution in [0.3, 0.4) is 0 Å². The molecule has 2 heteroatoms. The van der Waals surface area contributed by atoms with Crippen molar-refractivity contribution >= 4 is 0 Å². The van der Waals surface area contributed by atoms with E-state index in [2.05, 4.69) is 76.2 Å². The van der Waals surface area contributed by atoms with Crippen molar-refractivity contribution in [3.8, 4) is 11.5 Å². The number of rotatable bonds is 16. The lowest BCUT2D eigenvalue weighted by Crippen LogP contribution is -2.18. The zero-order valence-corrected chi connectivity index (χ0v) is 20.4. The Hall–Kier alpha value is -1.96. The average molecular weight is 425 g/mol. The molecular formula is C29H44O2. The van der Waals surface area contributed by atoms with Crippen molar-refractivity contribution in [3.05, 3.63) is 59.7 Å². The topological polar surface area (TPSA) is 18.5 Å². The Morgan fingerprint density at radius 2 is 0.871 bits per heavy atom. The molecule has 0 aliphatic heterocycles. The van der Waals surface area contributed by atoms with Gasteiger partial charge >= 0.3 is 0 Å². The standard InChI is InChI=1S/C29H44O2/c1-5-7-9-11-13-23-30-27-19-15-25(16-20-27)29(3,4)26-17-21-28(22-18-26)31-24-14-12-10-8-6-2/h15-22H,5-14,23-24H2,1-4H3. The van der Waals surface area contributed by atoms with Crippen molar-refractivity contribution < 1.29 is 9.47 Å².